The fourth-order valence-electron chi connectivity index (χ4n) is 5.56. The molecular formula is C26H26N2O3. The predicted octanol–water partition coefficient (Wildman–Crippen LogP) is 4.18. The summed E-state index contributed by atoms with van der Waals surface area (Å²) in [6.07, 6.45) is 5.11. The van der Waals surface area contributed by atoms with Crippen LogP contribution in [0.25, 0.3) is 0 Å². The number of nitrogens with one attached hydrogen (secondary N) is 1. The summed E-state index contributed by atoms with van der Waals surface area (Å²) in [5, 5.41) is 2.92. The van der Waals surface area contributed by atoms with Crippen molar-refractivity contribution in [2.75, 3.05) is 5.32 Å². The van der Waals surface area contributed by atoms with Crippen molar-refractivity contribution >= 4 is 23.4 Å². The number of carbonyl (C=O) groups excluding carboxylic acids is 3. The number of hydrogen-bond acceptors (Lipinski definition) is 3. The van der Waals surface area contributed by atoms with Gasteiger partial charge in [-0.25, -0.2) is 0 Å². The van der Waals surface area contributed by atoms with E-state index in [1.165, 1.54) is 4.90 Å². The number of hydrogen-bond donors (Lipinski definition) is 1. The van der Waals surface area contributed by atoms with Gasteiger partial charge in [-0.05, 0) is 55.4 Å². The van der Waals surface area contributed by atoms with E-state index in [4.69, 9.17) is 0 Å². The number of likely N-dealkylation sites (tertiary alicyclic amines) is 1. The second kappa shape index (κ2) is 7.49. The molecule has 2 bridgehead atoms. The highest BCUT2D eigenvalue weighted by Crippen LogP contribution is 2.54. The van der Waals surface area contributed by atoms with Crippen LogP contribution in [0.1, 0.15) is 35.6 Å². The van der Waals surface area contributed by atoms with Gasteiger partial charge in [-0.3, -0.25) is 19.3 Å². The van der Waals surface area contributed by atoms with E-state index in [2.05, 4.69) is 17.5 Å². The molecule has 1 aliphatic heterocycles. The van der Waals surface area contributed by atoms with Crippen molar-refractivity contribution in [3.8, 4) is 0 Å². The molecule has 31 heavy (non-hydrogen) atoms. The molecule has 3 aliphatic rings. The van der Waals surface area contributed by atoms with Gasteiger partial charge in [0, 0.05) is 5.69 Å². The Morgan fingerprint density at radius 3 is 2.19 bits per heavy atom. The zero-order valence-corrected chi connectivity index (χ0v) is 17.7. The molecule has 1 saturated carbocycles. The average molecular weight is 415 g/mol. The fourth-order valence-corrected chi connectivity index (χ4v) is 5.56. The molecule has 2 aliphatic carbocycles. The summed E-state index contributed by atoms with van der Waals surface area (Å²) >= 11 is 0. The van der Waals surface area contributed by atoms with Gasteiger partial charge in [-0.15, -0.1) is 0 Å². The number of imide groups is 1. The van der Waals surface area contributed by atoms with Crippen molar-refractivity contribution in [2.24, 2.45) is 23.7 Å². The van der Waals surface area contributed by atoms with Crippen LogP contribution in [0.2, 0.25) is 0 Å². The van der Waals surface area contributed by atoms with Crippen molar-refractivity contribution < 1.29 is 14.4 Å². The zero-order valence-electron chi connectivity index (χ0n) is 17.7. The lowest BCUT2D eigenvalue weighted by atomic mass is 9.85. The molecule has 5 rings (SSSR count). The predicted molar refractivity (Wildman–Crippen MR) is 118 cm³/mol. The maximum Gasteiger partial charge on any atom is 0.234 e. The highest BCUT2D eigenvalue weighted by Gasteiger charge is 2.60. The lowest BCUT2D eigenvalue weighted by Gasteiger charge is -2.29. The lowest BCUT2D eigenvalue weighted by Crippen LogP contribution is -2.38. The maximum atomic E-state index is 13.4. The number of amides is 3. The topological polar surface area (TPSA) is 66.5 Å². The molecule has 0 spiro atoms. The van der Waals surface area contributed by atoms with Gasteiger partial charge in [0.2, 0.25) is 17.7 Å². The number of nitrogens with zero attached hydrogens (tertiary/aromatic N) is 1. The van der Waals surface area contributed by atoms with E-state index >= 15 is 0 Å². The third-order valence-corrected chi connectivity index (χ3v) is 7.08. The summed E-state index contributed by atoms with van der Waals surface area (Å²) in [5.41, 5.74) is 3.63. The summed E-state index contributed by atoms with van der Waals surface area (Å²) < 4.78 is 0. The summed E-state index contributed by atoms with van der Waals surface area (Å²) in [6.45, 7) is 3.95. The Hall–Kier alpha value is -3.21. The Morgan fingerprint density at radius 1 is 0.968 bits per heavy atom. The molecule has 5 nitrogen and oxygen atoms in total. The van der Waals surface area contributed by atoms with Crippen molar-refractivity contribution in [3.63, 3.8) is 0 Å². The van der Waals surface area contributed by atoms with Crippen LogP contribution in [-0.4, -0.2) is 22.6 Å². The minimum atomic E-state index is -0.600. The highest BCUT2D eigenvalue weighted by molar-refractivity contribution is 6.07. The number of fused-ring (bicyclic) bond motifs is 5. The molecule has 5 unspecified atom stereocenters. The Kier molecular flexibility index (Phi) is 4.77. The van der Waals surface area contributed by atoms with Crippen molar-refractivity contribution in [2.45, 2.75) is 32.7 Å². The molecule has 0 aromatic heterocycles. The van der Waals surface area contributed by atoms with E-state index in [1.54, 1.807) is 0 Å². The molecular weight excluding hydrogens is 388 g/mol. The van der Waals surface area contributed by atoms with Crippen molar-refractivity contribution in [1.82, 2.24) is 4.90 Å². The third-order valence-electron chi connectivity index (χ3n) is 7.08. The molecule has 2 fully saturated rings. The number of aryl methyl sites for hydroxylation is 2. The molecule has 158 valence electrons. The molecule has 2 aromatic rings. The van der Waals surface area contributed by atoms with Crippen molar-refractivity contribution in [1.29, 1.82) is 0 Å². The quantitative estimate of drug-likeness (QED) is 0.590. The summed E-state index contributed by atoms with van der Waals surface area (Å²) in [4.78, 5) is 41.2. The molecule has 1 heterocycles. The van der Waals surface area contributed by atoms with Crippen LogP contribution in [-0.2, 0) is 14.4 Å². The smallest absolute Gasteiger partial charge is 0.234 e. The van der Waals surface area contributed by atoms with Crippen LogP contribution in [0.15, 0.2) is 60.7 Å². The summed E-state index contributed by atoms with van der Waals surface area (Å²) in [7, 11) is 0. The highest BCUT2D eigenvalue weighted by atomic mass is 16.2. The Morgan fingerprint density at radius 2 is 1.58 bits per heavy atom. The fraction of sp³-hybridized carbons (Fsp3) is 0.346. The Balaban J connectivity index is 1.45. The van der Waals surface area contributed by atoms with Crippen LogP contribution < -0.4 is 5.32 Å². The summed E-state index contributed by atoms with van der Waals surface area (Å²) in [6, 6.07) is 14.7. The second-order valence-electron chi connectivity index (χ2n) is 9.04. The molecule has 5 heteroatoms. The van der Waals surface area contributed by atoms with Gasteiger partial charge in [-0.2, -0.15) is 0 Å². The molecule has 1 saturated heterocycles. The molecule has 3 amide bonds. The molecule has 5 atom stereocenters. The average Bonchev–Trinajstić information content (AvgIpc) is 3.43. The van der Waals surface area contributed by atoms with Gasteiger partial charge in [0.15, 0.2) is 0 Å². The van der Waals surface area contributed by atoms with E-state index in [0.29, 0.717) is 5.69 Å². The van der Waals surface area contributed by atoms with E-state index < -0.39 is 6.04 Å². The van der Waals surface area contributed by atoms with E-state index in [-0.39, 0.29) is 47.8 Å². The molecule has 0 radical (unpaired) electrons. The largest absolute Gasteiger partial charge is 0.326 e. The van der Waals surface area contributed by atoms with Gasteiger partial charge in [0.05, 0.1) is 24.3 Å². The monoisotopic (exact) mass is 414 g/mol. The minimum Gasteiger partial charge on any atom is -0.326 e. The van der Waals surface area contributed by atoms with E-state index in [9.17, 15) is 14.4 Å². The van der Waals surface area contributed by atoms with E-state index in [0.717, 1.165) is 23.1 Å². The first-order chi connectivity index (χ1) is 14.9. The normalized spacial score (nSPS) is 27.0. The van der Waals surface area contributed by atoms with Crippen LogP contribution in [0.3, 0.4) is 0 Å². The van der Waals surface area contributed by atoms with Gasteiger partial charge >= 0.3 is 0 Å². The molecule has 1 N–H and O–H groups in total. The van der Waals surface area contributed by atoms with Crippen molar-refractivity contribution in [3.05, 3.63) is 77.4 Å². The van der Waals surface area contributed by atoms with Crippen LogP contribution in [0, 0.1) is 37.5 Å². The molecule has 2 aromatic carbocycles. The van der Waals surface area contributed by atoms with Gasteiger partial charge in [0.1, 0.15) is 0 Å². The first-order valence-corrected chi connectivity index (χ1v) is 10.9. The first-order valence-electron chi connectivity index (χ1n) is 10.9. The SMILES string of the molecule is Cc1ccc(NC(=O)CC(c2ccccc2C)N2C(=O)C3C4C=CC(C4)C3C2=O)cc1. The third kappa shape index (κ3) is 3.29. The Labute approximate surface area is 182 Å². The van der Waals surface area contributed by atoms with Crippen LogP contribution in [0.5, 0.6) is 0 Å². The standard InChI is InChI=1S/C26H26N2O3/c1-15-7-11-19(12-8-15)27-22(29)14-21(20-6-4-3-5-16(20)2)28-25(30)23-17-9-10-18(13-17)24(23)26(28)31/h3-12,17-18,21,23-24H,13-14H2,1-2H3,(H,27,29). The minimum absolute atomic E-state index is 0.0401. The van der Waals surface area contributed by atoms with Gasteiger partial charge in [-0.1, -0.05) is 54.1 Å². The number of anilines is 1. The number of rotatable bonds is 5. The van der Waals surface area contributed by atoms with Gasteiger partial charge < -0.3 is 5.32 Å². The van der Waals surface area contributed by atoms with Crippen LogP contribution in [0.4, 0.5) is 5.69 Å². The lowest BCUT2D eigenvalue weighted by molar-refractivity contribution is -0.144. The summed E-state index contributed by atoms with van der Waals surface area (Å²) in [5.74, 6) is -0.698. The number of carbonyl (C=O) groups is 3. The second-order valence-corrected chi connectivity index (χ2v) is 9.04. The first kappa shape index (κ1) is 19.7. The van der Waals surface area contributed by atoms with Gasteiger partial charge in [0.25, 0.3) is 0 Å². The maximum absolute atomic E-state index is 13.4. The Bertz CT molecular complexity index is 1060. The number of allylic oxidation sites excluding steroid dienone is 2. The van der Waals surface area contributed by atoms with Crippen LogP contribution >= 0.6 is 0 Å². The number of benzene rings is 2. The van der Waals surface area contributed by atoms with E-state index in [1.807, 2.05) is 62.4 Å². The zero-order chi connectivity index (χ0) is 21.7.